The van der Waals surface area contributed by atoms with Gasteiger partial charge in [0, 0.05) is 47.8 Å². The van der Waals surface area contributed by atoms with E-state index in [1.54, 1.807) is 22.7 Å². The fourth-order valence-electron chi connectivity index (χ4n) is 4.72. The molecule has 0 saturated heterocycles. The summed E-state index contributed by atoms with van der Waals surface area (Å²) in [6.45, 7) is 8.31. The molecule has 13 heteroatoms. The summed E-state index contributed by atoms with van der Waals surface area (Å²) in [6.07, 6.45) is 4.13. The number of rotatable bonds is 12. The molecule has 0 radical (unpaired) electrons. The van der Waals surface area contributed by atoms with Crippen molar-refractivity contribution in [2.75, 3.05) is 38.7 Å². The van der Waals surface area contributed by atoms with Crippen LogP contribution in [-0.4, -0.2) is 75.3 Å². The van der Waals surface area contributed by atoms with Crippen molar-refractivity contribution in [1.82, 2.24) is 24.6 Å². The Balaban J connectivity index is 1.41. The van der Waals surface area contributed by atoms with E-state index in [0.717, 1.165) is 5.56 Å². The molecule has 2 amide bonds. The van der Waals surface area contributed by atoms with Gasteiger partial charge in [0.2, 0.25) is 5.82 Å². The van der Waals surface area contributed by atoms with Gasteiger partial charge in [-0.2, -0.15) is 4.39 Å². The molecule has 0 bridgehead atoms. The number of carboxylic acid groups (broad SMARTS) is 1. The molecular weight excluding hydrogens is 574 g/mol. The number of ether oxygens (including phenoxy) is 2. The van der Waals surface area contributed by atoms with Crippen LogP contribution in [0, 0.1) is 11.6 Å². The molecule has 2 aromatic carbocycles. The Bertz CT molecular complexity index is 1650. The Morgan fingerprint density at radius 2 is 1.86 bits per heavy atom. The fraction of sp³-hybridized carbons (Fsp3) is 0.355. The molecule has 0 aliphatic heterocycles. The van der Waals surface area contributed by atoms with Gasteiger partial charge in [0.15, 0.2) is 23.0 Å². The van der Waals surface area contributed by atoms with Crippen LogP contribution >= 0.6 is 0 Å². The number of amides is 2. The maximum Gasteiger partial charge on any atom is 0.407 e. The summed E-state index contributed by atoms with van der Waals surface area (Å²) in [5.41, 5.74) is 2.18. The lowest BCUT2D eigenvalue weighted by Crippen LogP contribution is -2.46. The molecular formula is C31H36F2N6O5. The summed E-state index contributed by atoms with van der Waals surface area (Å²) >= 11 is 0. The van der Waals surface area contributed by atoms with Crippen molar-refractivity contribution in [3.63, 3.8) is 0 Å². The van der Waals surface area contributed by atoms with Gasteiger partial charge in [-0.3, -0.25) is 9.20 Å². The molecule has 3 N–H and O–H groups in total. The Kier molecular flexibility index (Phi) is 9.99. The number of carbonyl (C=O) groups is 2. The zero-order valence-electron chi connectivity index (χ0n) is 25.3. The van der Waals surface area contributed by atoms with Gasteiger partial charge in [-0.25, -0.2) is 19.2 Å². The molecule has 4 aromatic rings. The SMILES string of the molecule is CCc1cc(Nc2nccn3c(-c4ccc(OC)c(F)c4F)cnc23)ccc1C(=O)NCCOCCN(C(=O)O)C(C)(C)C. The van der Waals surface area contributed by atoms with Gasteiger partial charge < -0.3 is 30.1 Å². The van der Waals surface area contributed by atoms with E-state index in [4.69, 9.17) is 9.47 Å². The van der Waals surface area contributed by atoms with Crippen LogP contribution in [0.1, 0.15) is 43.6 Å². The molecule has 0 spiro atoms. The average molecular weight is 611 g/mol. The predicted molar refractivity (Wildman–Crippen MR) is 162 cm³/mol. The van der Waals surface area contributed by atoms with Gasteiger partial charge >= 0.3 is 6.09 Å². The van der Waals surface area contributed by atoms with E-state index >= 15 is 0 Å². The maximum atomic E-state index is 14.8. The number of anilines is 2. The van der Waals surface area contributed by atoms with E-state index in [9.17, 15) is 23.5 Å². The largest absolute Gasteiger partial charge is 0.494 e. The second-order valence-corrected chi connectivity index (χ2v) is 10.9. The van der Waals surface area contributed by atoms with E-state index in [1.807, 2.05) is 33.8 Å². The van der Waals surface area contributed by atoms with Crippen molar-refractivity contribution in [3.05, 3.63) is 71.7 Å². The van der Waals surface area contributed by atoms with Crippen LogP contribution in [0.15, 0.2) is 48.9 Å². The first-order valence-electron chi connectivity index (χ1n) is 14.1. The van der Waals surface area contributed by atoms with E-state index < -0.39 is 23.3 Å². The topological polar surface area (TPSA) is 130 Å². The number of aromatic nitrogens is 3. The van der Waals surface area contributed by atoms with Gasteiger partial charge in [0.05, 0.1) is 32.2 Å². The molecule has 0 aliphatic rings. The predicted octanol–water partition coefficient (Wildman–Crippen LogP) is 5.51. The minimum absolute atomic E-state index is 0.0223. The number of carbonyl (C=O) groups excluding carboxylic acids is 1. The number of nitrogens with zero attached hydrogens (tertiary/aromatic N) is 4. The van der Waals surface area contributed by atoms with E-state index in [2.05, 4.69) is 20.6 Å². The summed E-state index contributed by atoms with van der Waals surface area (Å²) in [5.74, 6) is -2.19. The average Bonchev–Trinajstić information content (AvgIpc) is 3.42. The highest BCUT2D eigenvalue weighted by atomic mass is 19.2. The molecule has 11 nitrogen and oxygen atoms in total. The Labute approximate surface area is 253 Å². The third kappa shape index (κ3) is 7.05. The first-order chi connectivity index (χ1) is 21.0. The number of nitrogens with one attached hydrogen (secondary N) is 2. The van der Waals surface area contributed by atoms with Crippen molar-refractivity contribution >= 4 is 29.2 Å². The normalized spacial score (nSPS) is 11.4. The Morgan fingerprint density at radius 1 is 1.09 bits per heavy atom. The smallest absolute Gasteiger partial charge is 0.407 e. The van der Waals surface area contributed by atoms with Gasteiger partial charge in [0.25, 0.3) is 5.91 Å². The van der Waals surface area contributed by atoms with Crippen molar-refractivity contribution in [3.8, 4) is 17.0 Å². The van der Waals surface area contributed by atoms with Crippen LogP contribution in [-0.2, 0) is 11.2 Å². The first-order valence-corrected chi connectivity index (χ1v) is 14.1. The third-order valence-electron chi connectivity index (χ3n) is 7.00. The van der Waals surface area contributed by atoms with E-state index in [1.165, 1.54) is 36.5 Å². The zero-order chi connectivity index (χ0) is 32.0. The molecule has 4 rings (SSSR count). The zero-order valence-corrected chi connectivity index (χ0v) is 25.3. The van der Waals surface area contributed by atoms with Crippen LogP contribution in [0.2, 0.25) is 0 Å². The van der Waals surface area contributed by atoms with Crippen LogP contribution < -0.4 is 15.4 Å². The Hall–Kier alpha value is -4.78. The quantitative estimate of drug-likeness (QED) is 0.179. The molecule has 0 saturated carbocycles. The summed E-state index contributed by atoms with van der Waals surface area (Å²) in [4.78, 5) is 34.4. The fourth-order valence-corrected chi connectivity index (χ4v) is 4.72. The number of fused-ring (bicyclic) bond motifs is 1. The van der Waals surface area contributed by atoms with Crippen LogP contribution in [0.25, 0.3) is 16.9 Å². The molecule has 44 heavy (non-hydrogen) atoms. The second kappa shape index (κ2) is 13.7. The van der Waals surface area contributed by atoms with E-state index in [0.29, 0.717) is 34.8 Å². The number of benzene rings is 2. The molecule has 0 unspecified atom stereocenters. The Morgan fingerprint density at radius 3 is 2.55 bits per heavy atom. The lowest BCUT2D eigenvalue weighted by molar-refractivity contribution is 0.0611. The molecule has 234 valence electrons. The number of hydrogen-bond acceptors (Lipinski definition) is 7. The number of aryl methyl sites for hydroxylation is 1. The number of halogens is 2. The van der Waals surface area contributed by atoms with Crippen molar-refractivity contribution in [1.29, 1.82) is 0 Å². The summed E-state index contributed by atoms with van der Waals surface area (Å²) in [7, 11) is 1.27. The molecule has 2 aromatic heterocycles. The van der Waals surface area contributed by atoms with Gasteiger partial charge in [-0.15, -0.1) is 0 Å². The third-order valence-corrected chi connectivity index (χ3v) is 7.00. The van der Waals surface area contributed by atoms with Crippen molar-refractivity contribution in [2.45, 2.75) is 39.7 Å². The highest BCUT2D eigenvalue weighted by Crippen LogP contribution is 2.31. The number of imidazole rings is 1. The summed E-state index contributed by atoms with van der Waals surface area (Å²) < 4.78 is 41.2. The van der Waals surface area contributed by atoms with Crippen LogP contribution in [0.4, 0.5) is 25.1 Å². The van der Waals surface area contributed by atoms with Gasteiger partial charge in [-0.1, -0.05) is 6.92 Å². The highest BCUT2D eigenvalue weighted by molar-refractivity contribution is 5.96. The lowest BCUT2D eigenvalue weighted by atomic mass is 10.0. The lowest BCUT2D eigenvalue weighted by Gasteiger charge is -2.32. The van der Waals surface area contributed by atoms with Crippen molar-refractivity contribution < 1.29 is 33.0 Å². The molecule has 0 atom stereocenters. The van der Waals surface area contributed by atoms with Gasteiger partial charge in [-0.05, 0) is 63.1 Å². The summed E-state index contributed by atoms with van der Waals surface area (Å²) in [5, 5.41) is 15.4. The van der Waals surface area contributed by atoms with E-state index in [-0.39, 0.29) is 43.5 Å². The number of methoxy groups -OCH3 is 1. The standard InChI is InChI=1S/C31H36F2N6O5/c1-6-19-17-20(7-8-21(19)29(40)35-12-15-44-16-14-39(30(41)42)31(2,3)4)37-27-28-36-18-23(38(28)13-11-34-27)22-9-10-24(43-5)26(33)25(22)32/h7-11,13,17-18H,6,12,14-16H2,1-5H3,(H,34,37)(H,35,40)(H,41,42). The second-order valence-electron chi connectivity index (χ2n) is 10.9. The summed E-state index contributed by atoms with van der Waals surface area (Å²) in [6, 6.07) is 8.07. The minimum atomic E-state index is -1.08. The van der Waals surface area contributed by atoms with Crippen LogP contribution in [0.5, 0.6) is 5.75 Å². The minimum Gasteiger partial charge on any atom is -0.494 e. The van der Waals surface area contributed by atoms with Crippen molar-refractivity contribution in [2.24, 2.45) is 0 Å². The molecule has 0 fully saturated rings. The number of hydrogen-bond donors (Lipinski definition) is 3. The highest BCUT2D eigenvalue weighted by Gasteiger charge is 2.25. The maximum absolute atomic E-state index is 14.8. The molecule has 2 heterocycles. The monoisotopic (exact) mass is 610 g/mol. The van der Waals surface area contributed by atoms with Crippen LogP contribution in [0.3, 0.4) is 0 Å². The first kappa shape index (κ1) is 32.1. The van der Waals surface area contributed by atoms with Gasteiger partial charge in [0.1, 0.15) is 0 Å². The molecule has 0 aliphatic carbocycles.